The highest BCUT2D eigenvalue weighted by Crippen LogP contribution is 2.46. The maximum Gasteiger partial charge on any atom is 0.235 e. The summed E-state index contributed by atoms with van der Waals surface area (Å²) in [6, 6.07) is 178. The summed E-state index contributed by atoms with van der Waals surface area (Å²) >= 11 is 0. The molecule has 0 atom stereocenters. The fourth-order valence-electron chi connectivity index (χ4n) is 21.6. The fraction of sp³-hybridized carbons (Fsp3) is 0. The van der Waals surface area contributed by atoms with Crippen LogP contribution in [0.25, 0.3) is 266 Å². The summed E-state index contributed by atoms with van der Waals surface area (Å²) in [5.41, 5.74) is 32.4. The van der Waals surface area contributed by atoms with Gasteiger partial charge < -0.3 is 18.1 Å². The lowest BCUT2D eigenvalue weighted by Gasteiger charge is -2.13. The number of fused-ring (bicyclic) bond motifs is 19. The molecule has 0 aliphatic rings. The number of aromatic nitrogens is 10. The molecule has 29 aromatic rings. The number of hydrogen-bond donors (Lipinski definition) is 0. The Labute approximate surface area is 834 Å². The van der Waals surface area contributed by atoms with Crippen LogP contribution in [0, 0.1) is 0 Å². The van der Waals surface area contributed by atoms with Gasteiger partial charge in [-0.05, 0) is 241 Å². The van der Waals surface area contributed by atoms with Gasteiger partial charge in [-0.1, -0.05) is 340 Å². The maximum absolute atomic E-state index is 5.68. The third-order valence-electron chi connectivity index (χ3n) is 28.3. The van der Waals surface area contributed by atoms with E-state index >= 15 is 0 Å². The highest BCUT2D eigenvalue weighted by atomic mass is 16.3. The molecule has 0 fully saturated rings. The van der Waals surface area contributed by atoms with Crippen LogP contribution < -0.4 is 0 Å². The van der Waals surface area contributed by atoms with Gasteiger partial charge in [0.1, 0.15) is 5.58 Å². The second-order valence-corrected chi connectivity index (χ2v) is 36.8. The molecule has 8 aromatic heterocycles. The zero-order valence-electron chi connectivity index (χ0n) is 78.5. The zero-order valence-corrected chi connectivity index (χ0v) is 78.5. The Kier molecular flexibility index (Phi) is 21.0. The SMILES string of the molecule is c1ccc(-c2cc(-c3cccc(-c4ccc5c6ccccc6c6ccccc6c5c4)c3)nc(-c3ccccc3)n2)cc1.c1ccc(-c2ccnc(-c3cc(-c4ccc5c(c4)c4ccccc4n5-c4ccccc4)cc(-c4ccc5c(c4)c4ccccc4n5-c4ccccc4)c3)n2)cc1.c1ccc(-n2c3ccccc3c3cc(-c4cccc5c4c4ccccc4n5-c4nccc(-c5ccc6ccoc6c5)n4)ccc32)cc1. The van der Waals surface area contributed by atoms with E-state index in [2.05, 4.69) is 443 Å². The molecule has 29 rings (SSSR count). The van der Waals surface area contributed by atoms with Gasteiger partial charge in [0, 0.05) is 111 Å². The number of para-hydroxylation sites is 7. The van der Waals surface area contributed by atoms with Crippen molar-refractivity contribution in [1.82, 2.24) is 48.2 Å². The van der Waals surface area contributed by atoms with Crippen molar-refractivity contribution >= 4 is 131 Å². The van der Waals surface area contributed by atoms with Crippen LogP contribution in [-0.4, -0.2) is 48.2 Å². The number of furan rings is 1. The third-order valence-corrected chi connectivity index (χ3v) is 28.3. The van der Waals surface area contributed by atoms with Crippen LogP contribution in [0.5, 0.6) is 0 Å². The minimum Gasteiger partial charge on any atom is -0.464 e. The molecule has 8 heterocycles. The molecule has 0 unspecified atom stereocenters. The smallest absolute Gasteiger partial charge is 0.235 e. The Morgan fingerprint density at radius 1 is 0.172 bits per heavy atom. The quantitative estimate of drug-likeness (QED) is 0.0997. The second-order valence-electron chi connectivity index (χ2n) is 36.8. The summed E-state index contributed by atoms with van der Waals surface area (Å²) < 4.78 is 14.9. The molecule has 11 nitrogen and oxygen atoms in total. The highest BCUT2D eigenvalue weighted by molar-refractivity contribution is 6.26. The summed E-state index contributed by atoms with van der Waals surface area (Å²) in [4.78, 5) is 29.9. The monoisotopic (exact) mass is 1850 g/mol. The summed E-state index contributed by atoms with van der Waals surface area (Å²) in [5, 5.41) is 18.5. The zero-order chi connectivity index (χ0) is 95.8. The molecule has 0 N–H and O–H groups in total. The van der Waals surface area contributed by atoms with Crippen LogP contribution in [0.15, 0.2) is 527 Å². The van der Waals surface area contributed by atoms with E-state index in [0.717, 1.165) is 134 Å². The number of nitrogens with zero attached hydrogens (tertiary/aromatic N) is 10. The molecule has 678 valence electrons. The van der Waals surface area contributed by atoms with E-state index in [0.29, 0.717) is 11.8 Å². The van der Waals surface area contributed by atoms with Gasteiger partial charge in [-0.15, -0.1) is 0 Å². The molecule has 21 aromatic carbocycles. The fourth-order valence-corrected chi connectivity index (χ4v) is 21.6. The number of rotatable bonds is 14. The Morgan fingerprint density at radius 3 is 1.08 bits per heavy atom. The van der Waals surface area contributed by atoms with Crippen molar-refractivity contribution in [2.24, 2.45) is 0 Å². The van der Waals surface area contributed by atoms with Gasteiger partial charge in [-0.25, -0.2) is 29.9 Å². The van der Waals surface area contributed by atoms with E-state index in [4.69, 9.17) is 34.3 Å². The standard InChI is InChI=1S/C52H34N4.C42H26N4O.C40H26N2/c1-4-14-35(15-5-1)47-28-29-53-52(54-47)40-31-38(36-24-26-50-45(33-36)43-20-10-12-22-48(43)55(50)41-16-6-2-7-17-41)30-39(32-40)37-25-27-51-46(34-37)44-21-11-13-23-49(44)56(51)42-18-8-3-9-19-42;1-2-9-30(10-3-1)45-36-14-6-4-11-32(36)34-25-28(19-20-38(34)45)31-13-8-16-39-41(31)33-12-5-7-15-37(33)46(39)42-43-23-21-35(44-42)29-18-17-27-22-24-47-40(27)26-29;1-3-12-27(13-4-1)38-26-39(42-40(41-38)28-14-5-2-6-15-28)31-17-11-16-29(24-31)30-22-23-36-34-20-8-7-18-32(34)33-19-9-10-21-35(33)37(36)25-30/h1-34H;1-26H;1-26H. The molecule has 0 radical (unpaired) electrons. The molecular formula is C134H86N10O. The van der Waals surface area contributed by atoms with Crippen molar-refractivity contribution in [2.45, 2.75) is 0 Å². The predicted molar refractivity (Wildman–Crippen MR) is 600 cm³/mol. The normalized spacial score (nSPS) is 11.6. The molecule has 145 heavy (non-hydrogen) atoms. The van der Waals surface area contributed by atoms with Crippen molar-refractivity contribution in [2.75, 3.05) is 0 Å². The van der Waals surface area contributed by atoms with Crippen LogP contribution in [0.2, 0.25) is 0 Å². The first-order valence-corrected chi connectivity index (χ1v) is 49.0. The topological polar surface area (TPSA) is 110 Å². The summed E-state index contributed by atoms with van der Waals surface area (Å²) in [5.74, 6) is 2.05. The molecule has 0 spiro atoms. The molecule has 0 aliphatic carbocycles. The van der Waals surface area contributed by atoms with Crippen LogP contribution in [0.1, 0.15) is 0 Å². The first kappa shape index (κ1) is 84.6. The lowest BCUT2D eigenvalue weighted by molar-refractivity contribution is 0.616. The summed E-state index contributed by atoms with van der Waals surface area (Å²) in [6.45, 7) is 0. The van der Waals surface area contributed by atoms with Crippen molar-refractivity contribution in [1.29, 1.82) is 0 Å². The van der Waals surface area contributed by atoms with E-state index in [1.165, 1.54) is 120 Å². The number of hydrogen-bond acceptors (Lipinski definition) is 7. The van der Waals surface area contributed by atoms with Crippen molar-refractivity contribution in [3.05, 3.63) is 522 Å². The third kappa shape index (κ3) is 15.3. The largest absolute Gasteiger partial charge is 0.464 e. The lowest BCUT2D eigenvalue weighted by Crippen LogP contribution is -2.01. The van der Waals surface area contributed by atoms with Crippen molar-refractivity contribution in [3.63, 3.8) is 0 Å². The molecular weight excluding hydrogens is 1770 g/mol. The molecule has 0 saturated carbocycles. The number of benzene rings is 21. The van der Waals surface area contributed by atoms with Crippen LogP contribution >= 0.6 is 0 Å². The van der Waals surface area contributed by atoms with Gasteiger partial charge in [-0.3, -0.25) is 4.57 Å². The molecule has 0 amide bonds. The average Bonchev–Trinajstić information content (AvgIpc) is 1.56. The predicted octanol–water partition coefficient (Wildman–Crippen LogP) is 34.7. The van der Waals surface area contributed by atoms with Crippen molar-refractivity contribution < 1.29 is 4.42 Å². The first-order valence-electron chi connectivity index (χ1n) is 49.0. The molecule has 0 bridgehead atoms. The Balaban J connectivity index is 0.000000109. The summed E-state index contributed by atoms with van der Waals surface area (Å²) in [7, 11) is 0. The van der Waals surface area contributed by atoms with Gasteiger partial charge in [0.05, 0.1) is 73.2 Å². The van der Waals surface area contributed by atoms with Crippen molar-refractivity contribution in [3.8, 4) is 135 Å². The van der Waals surface area contributed by atoms with Gasteiger partial charge in [0.25, 0.3) is 0 Å². The average molecular weight is 1850 g/mol. The van der Waals surface area contributed by atoms with Gasteiger partial charge >= 0.3 is 0 Å². The van der Waals surface area contributed by atoms with E-state index in [1.54, 1.807) is 6.26 Å². The van der Waals surface area contributed by atoms with Crippen LogP contribution in [-0.2, 0) is 0 Å². The van der Waals surface area contributed by atoms with Crippen LogP contribution in [0.4, 0.5) is 0 Å². The van der Waals surface area contributed by atoms with Gasteiger partial charge in [0.2, 0.25) is 5.95 Å². The molecule has 11 heteroatoms. The van der Waals surface area contributed by atoms with E-state index in [9.17, 15) is 0 Å². The van der Waals surface area contributed by atoms with E-state index < -0.39 is 0 Å². The molecule has 0 saturated heterocycles. The van der Waals surface area contributed by atoms with Crippen LogP contribution in [0.3, 0.4) is 0 Å². The Hall–Kier alpha value is -19.6. The second kappa shape index (κ2) is 36.0. The Morgan fingerprint density at radius 2 is 0.524 bits per heavy atom. The minimum atomic E-state index is 0.631. The van der Waals surface area contributed by atoms with E-state index in [1.807, 2.05) is 91.3 Å². The highest BCUT2D eigenvalue weighted by Gasteiger charge is 2.25. The Bertz CT molecular complexity index is 9820. The lowest BCUT2D eigenvalue weighted by atomic mass is 9.91. The minimum absolute atomic E-state index is 0.631. The molecule has 0 aliphatic heterocycles. The summed E-state index contributed by atoms with van der Waals surface area (Å²) in [6.07, 6.45) is 5.42. The maximum atomic E-state index is 5.68. The van der Waals surface area contributed by atoms with Gasteiger partial charge in [-0.2, -0.15) is 0 Å². The first-order chi connectivity index (χ1) is 71.9. The van der Waals surface area contributed by atoms with E-state index in [-0.39, 0.29) is 0 Å². The van der Waals surface area contributed by atoms with Gasteiger partial charge in [0.15, 0.2) is 11.6 Å².